The predicted molar refractivity (Wildman–Crippen MR) is 174 cm³/mol. The SMILES string of the molecule is Cc1ccc(C2CCCC2)cc1-c1c2ccc([Si](c3ccccc3)(c3ccccc3)C(C)(C)C)cc2cc[n+]1C. The van der Waals surface area contributed by atoms with E-state index in [1.165, 1.54) is 74.4 Å². The van der Waals surface area contributed by atoms with Gasteiger partial charge in [0, 0.05) is 11.6 Å². The zero-order valence-electron chi connectivity index (χ0n) is 24.7. The molecule has 1 aliphatic carbocycles. The fourth-order valence-electron chi connectivity index (χ4n) is 7.52. The molecule has 6 rings (SSSR count). The van der Waals surface area contributed by atoms with E-state index in [0.717, 1.165) is 0 Å². The Morgan fingerprint density at radius 2 is 1.32 bits per heavy atom. The molecule has 40 heavy (non-hydrogen) atoms. The maximum Gasteiger partial charge on any atom is 0.220 e. The average Bonchev–Trinajstić information content (AvgIpc) is 3.50. The Labute approximate surface area is 241 Å². The Kier molecular flexibility index (Phi) is 7.00. The Morgan fingerprint density at radius 1 is 0.700 bits per heavy atom. The van der Waals surface area contributed by atoms with Crippen molar-refractivity contribution in [1.82, 2.24) is 0 Å². The minimum atomic E-state index is -2.40. The van der Waals surface area contributed by atoms with Gasteiger partial charge in [-0.3, -0.25) is 0 Å². The summed E-state index contributed by atoms with van der Waals surface area (Å²) in [6.45, 7) is 9.59. The van der Waals surface area contributed by atoms with Crippen LogP contribution in [-0.4, -0.2) is 8.07 Å². The van der Waals surface area contributed by atoms with E-state index in [-0.39, 0.29) is 5.04 Å². The van der Waals surface area contributed by atoms with Gasteiger partial charge in [-0.25, -0.2) is 4.57 Å². The zero-order chi connectivity index (χ0) is 27.9. The molecule has 1 saturated carbocycles. The minimum absolute atomic E-state index is 0.0673. The van der Waals surface area contributed by atoms with Crippen molar-refractivity contribution in [3.05, 3.63) is 120 Å². The lowest BCUT2D eigenvalue weighted by Crippen LogP contribution is -2.72. The van der Waals surface area contributed by atoms with E-state index >= 15 is 0 Å². The fourth-order valence-corrected chi connectivity index (χ4v) is 13.2. The number of rotatable bonds is 5. The first-order chi connectivity index (χ1) is 19.3. The number of aromatic nitrogens is 1. The van der Waals surface area contributed by atoms with Crippen LogP contribution in [0.1, 0.15) is 63.5 Å². The maximum absolute atomic E-state index is 2.52. The summed E-state index contributed by atoms with van der Waals surface area (Å²) < 4.78 is 2.32. The molecule has 0 amide bonds. The summed E-state index contributed by atoms with van der Waals surface area (Å²) in [7, 11) is -0.197. The Bertz CT molecular complexity index is 1600. The summed E-state index contributed by atoms with van der Waals surface area (Å²) >= 11 is 0. The second-order valence-corrected chi connectivity index (χ2v) is 17.6. The van der Waals surface area contributed by atoms with Crippen molar-refractivity contribution in [2.75, 3.05) is 0 Å². The molecule has 0 radical (unpaired) electrons. The van der Waals surface area contributed by atoms with Gasteiger partial charge in [0.15, 0.2) is 14.3 Å². The zero-order valence-corrected chi connectivity index (χ0v) is 25.7. The normalized spacial score (nSPS) is 14.6. The molecular weight excluding hydrogens is 499 g/mol. The second-order valence-electron chi connectivity index (χ2n) is 12.9. The molecule has 1 aromatic heterocycles. The summed E-state index contributed by atoms with van der Waals surface area (Å²) in [4.78, 5) is 0. The van der Waals surface area contributed by atoms with Gasteiger partial charge in [-0.2, -0.15) is 0 Å². The molecule has 0 atom stereocenters. The van der Waals surface area contributed by atoms with E-state index in [1.807, 2.05) is 0 Å². The van der Waals surface area contributed by atoms with Crippen LogP contribution >= 0.6 is 0 Å². The largest absolute Gasteiger partial charge is 0.220 e. The molecule has 0 spiro atoms. The van der Waals surface area contributed by atoms with E-state index in [2.05, 4.69) is 149 Å². The lowest BCUT2D eigenvalue weighted by molar-refractivity contribution is -0.659. The van der Waals surface area contributed by atoms with Crippen molar-refractivity contribution in [3.8, 4) is 11.3 Å². The van der Waals surface area contributed by atoms with Gasteiger partial charge in [0.25, 0.3) is 0 Å². The number of fused-ring (bicyclic) bond motifs is 1. The minimum Gasteiger partial charge on any atom is -0.200 e. The molecule has 202 valence electrons. The third-order valence-corrected chi connectivity index (χ3v) is 15.3. The van der Waals surface area contributed by atoms with Crippen molar-refractivity contribution in [3.63, 3.8) is 0 Å². The molecule has 0 aliphatic heterocycles. The van der Waals surface area contributed by atoms with Crippen LogP contribution < -0.4 is 20.1 Å². The van der Waals surface area contributed by atoms with Crippen molar-refractivity contribution in [2.45, 2.75) is 64.3 Å². The number of benzene rings is 4. The molecule has 1 aliphatic rings. The van der Waals surface area contributed by atoms with E-state index in [0.29, 0.717) is 5.92 Å². The van der Waals surface area contributed by atoms with Crippen molar-refractivity contribution < 1.29 is 4.57 Å². The van der Waals surface area contributed by atoms with Crippen molar-refractivity contribution in [1.29, 1.82) is 0 Å². The molecule has 0 N–H and O–H groups in total. The van der Waals surface area contributed by atoms with E-state index < -0.39 is 8.07 Å². The Morgan fingerprint density at radius 3 is 1.93 bits per heavy atom. The third-order valence-electron chi connectivity index (χ3n) is 9.45. The van der Waals surface area contributed by atoms with Crippen LogP contribution in [0, 0.1) is 6.92 Å². The molecule has 1 nitrogen and oxygen atoms in total. The molecule has 0 saturated heterocycles. The monoisotopic (exact) mass is 540 g/mol. The number of pyridine rings is 1. The first-order valence-corrected chi connectivity index (χ1v) is 17.0. The molecule has 1 fully saturated rings. The fraction of sp³-hybridized carbons (Fsp3) is 0.289. The van der Waals surface area contributed by atoms with Crippen LogP contribution in [0.2, 0.25) is 5.04 Å². The molecule has 5 aromatic rings. The van der Waals surface area contributed by atoms with Gasteiger partial charge in [0.1, 0.15) is 7.05 Å². The highest BCUT2D eigenvalue weighted by Gasteiger charge is 2.49. The summed E-state index contributed by atoms with van der Waals surface area (Å²) in [6.07, 6.45) is 7.63. The summed E-state index contributed by atoms with van der Waals surface area (Å²) in [5.41, 5.74) is 5.56. The highest BCUT2D eigenvalue weighted by Crippen LogP contribution is 2.39. The van der Waals surface area contributed by atoms with E-state index in [4.69, 9.17) is 0 Å². The number of hydrogen-bond acceptors (Lipinski definition) is 0. The van der Waals surface area contributed by atoms with Gasteiger partial charge in [-0.15, -0.1) is 0 Å². The first-order valence-electron chi connectivity index (χ1n) is 15.0. The molecule has 2 heteroatoms. The first kappa shape index (κ1) is 26.7. The van der Waals surface area contributed by atoms with Gasteiger partial charge in [0.05, 0.1) is 5.39 Å². The van der Waals surface area contributed by atoms with Gasteiger partial charge in [-0.05, 0) is 74.9 Å². The van der Waals surface area contributed by atoms with Crippen molar-refractivity contribution in [2.24, 2.45) is 7.05 Å². The van der Waals surface area contributed by atoms with Gasteiger partial charge >= 0.3 is 0 Å². The Hall–Kier alpha value is -3.49. The van der Waals surface area contributed by atoms with Gasteiger partial charge < -0.3 is 0 Å². The smallest absolute Gasteiger partial charge is 0.200 e. The Balaban J connectivity index is 1.59. The van der Waals surface area contributed by atoms with Crippen LogP contribution in [0.3, 0.4) is 0 Å². The molecule has 4 aromatic carbocycles. The predicted octanol–water partition coefficient (Wildman–Crippen LogP) is 7.57. The topological polar surface area (TPSA) is 3.88 Å². The van der Waals surface area contributed by atoms with Crippen molar-refractivity contribution >= 4 is 34.4 Å². The average molecular weight is 541 g/mol. The lowest BCUT2D eigenvalue weighted by atomic mass is 9.91. The molecule has 0 bridgehead atoms. The molecule has 1 heterocycles. The number of aryl methyl sites for hydroxylation is 2. The standard InChI is InChI=1S/C38H42NSi/c1-28-20-21-30(29-14-12-13-15-29)27-36(28)37-35-23-22-34(26-31(35)24-25-39(37)5)40(38(2,3)4,32-16-8-6-9-17-32)33-18-10-7-11-19-33/h6-11,16-27,29H,12-15H2,1-5H3/q+1. The second kappa shape index (κ2) is 10.5. The van der Waals surface area contributed by atoms with E-state index in [9.17, 15) is 0 Å². The van der Waals surface area contributed by atoms with Crippen LogP contribution in [-0.2, 0) is 7.05 Å². The molecular formula is C38H42NSi+. The summed E-state index contributed by atoms with van der Waals surface area (Å²) in [5, 5.41) is 7.13. The van der Waals surface area contributed by atoms with Crippen LogP contribution in [0.25, 0.3) is 22.0 Å². The lowest BCUT2D eigenvalue weighted by Gasteiger charge is -2.44. The van der Waals surface area contributed by atoms with Crippen LogP contribution in [0.15, 0.2) is 109 Å². The highest BCUT2D eigenvalue weighted by molar-refractivity contribution is 7.13. The highest BCUT2D eigenvalue weighted by atomic mass is 28.3. The van der Waals surface area contributed by atoms with Crippen LogP contribution in [0.5, 0.6) is 0 Å². The maximum atomic E-state index is 2.52. The molecule has 0 unspecified atom stereocenters. The van der Waals surface area contributed by atoms with E-state index in [1.54, 1.807) is 0 Å². The third kappa shape index (κ3) is 4.43. The van der Waals surface area contributed by atoms with Gasteiger partial charge in [0.2, 0.25) is 5.69 Å². The number of hydrogen-bond donors (Lipinski definition) is 0. The van der Waals surface area contributed by atoms with Gasteiger partial charge in [-0.1, -0.05) is 119 Å². The summed E-state index contributed by atoms with van der Waals surface area (Å²) in [6, 6.07) is 39.5. The quantitative estimate of drug-likeness (QED) is 0.123. The summed E-state index contributed by atoms with van der Waals surface area (Å²) in [5.74, 6) is 0.710. The van der Waals surface area contributed by atoms with Crippen LogP contribution in [0.4, 0.5) is 0 Å². The number of nitrogens with zero attached hydrogens (tertiary/aromatic N) is 1.